The maximum Gasteiger partial charge on any atom is 0.337 e. The van der Waals surface area contributed by atoms with Gasteiger partial charge in [0.05, 0.1) is 28.3 Å². The summed E-state index contributed by atoms with van der Waals surface area (Å²) in [6, 6.07) is 5.18. The molecule has 7 nitrogen and oxygen atoms in total. The zero-order valence-corrected chi connectivity index (χ0v) is 19.6. The number of carboxylic acid groups (broad SMARTS) is 1. The second kappa shape index (κ2) is 8.69. The third-order valence-electron chi connectivity index (χ3n) is 5.19. The fraction of sp³-hybridized carbons (Fsp3) is 0.300. The molecule has 2 aromatic carbocycles. The number of hydrogen-bond acceptors (Lipinski definition) is 5. The highest BCUT2D eigenvalue weighted by Crippen LogP contribution is 2.31. The Morgan fingerprint density at radius 1 is 1.19 bits per heavy atom. The molecular formula is C20H19F2IN2O5S. The van der Waals surface area contributed by atoms with Crippen LogP contribution in [0.2, 0.25) is 0 Å². The fourth-order valence-corrected chi connectivity index (χ4v) is 5.83. The van der Waals surface area contributed by atoms with Gasteiger partial charge in [0.25, 0.3) is 5.91 Å². The molecule has 1 aliphatic heterocycles. The smallest absolute Gasteiger partial charge is 0.337 e. The third-order valence-corrected chi connectivity index (χ3v) is 7.61. The number of halogens is 3. The van der Waals surface area contributed by atoms with Crippen LogP contribution in [0.3, 0.4) is 0 Å². The van der Waals surface area contributed by atoms with E-state index in [2.05, 4.69) is 27.9 Å². The van der Waals surface area contributed by atoms with Crippen molar-refractivity contribution in [3.05, 3.63) is 56.2 Å². The Kier molecular flexibility index (Phi) is 6.56. The van der Waals surface area contributed by atoms with Gasteiger partial charge in [-0.25, -0.2) is 22.0 Å². The van der Waals surface area contributed by atoms with Crippen molar-refractivity contribution in [3.63, 3.8) is 0 Å². The minimum absolute atomic E-state index is 0.106. The molecule has 0 saturated carbocycles. The molecule has 11 heteroatoms. The van der Waals surface area contributed by atoms with E-state index in [0.717, 1.165) is 14.5 Å². The SMILES string of the molecule is Cc1cc(I)ccc1Nc1c(C(=O)O)cc(C(=O)N(C)C2CCS(=O)(=O)C2)c(F)c1F. The molecule has 1 atom stereocenters. The van der Waals surface area contributed by atoms with Gasteiger partial charge in [-0.05, 0) is 65.8 Å². The van der Waals surface area contributed by atoms with Crippen molar-refractivity contribution in [3.8, 4) is 0 Å². The second-order valence-electron chi connectivity index (χ2n) is 7.34. The fourth-order valence-electron chi connectivity index (χ4n) is 3.41. The second-order valence-corrected chi connectivity index (χ2v) is 10.8. The van der Waals surface area contributed by atoms with E-state index < -0.39 is 56.2 Å². The predicted molar refractivity (Wildman–Crippen MR) is 120 cm³/mol. The molecule has 1 aliphatic rings. The first-order valence-electron chi connectivity index (χ1n) is 9.17. The lowest BCUT2D eigenvalue weighted by Gasteiger charge is -2.24. The summed E-state index contributed by atoms with van der Waals surface area (Å²) in [6.45, 7) is 1.72. The monoisotopic (exact) mass is 564 g/mol. The van der Waals surface area contributed by atoms with Gasteiger partial charge in [-0.1, -0.05) is 0 Å². The van der Waals surface area contributed by atoms with Crippen LogP contribution in [0.4, 0.5) is 20.2 Å². The number of aryl methyl sites for hydroxylation is 1. The van der Waals surface area contributed by atoms with Gasteiger partial charge in [0.1, 0.15) is 0 Å². The summed E-state index contributed by atoms with van der Waals surface area (Å²) in [7, 11) is -2.03. The van der Waals surface area contributed by atoms with E-state index in [9.17, 15) is 31.9 Å². The summed E-state index contributed by atoms with van der Waals surface area (Å²) >= 11 is 2.08. The van der Waals surface area contributed by atoms with E-state index in [0.29, 0.717) is 11.3 Å². The van der Waals surface area contributed by atoms with E-state index in [4.69, 9.17) is 0 Å². The first-order chi connectivity index (χ1) is 14.4. The highest BCUT2D eigenvalue weighted by molar-refractivity contribution is 14.1. The number of carbonyl (C=O) groups is 2. The van der Waals surface area contributed by atoms with Crippen LogP contribution in [0.5, 0.6) is 0 Å². The number of nitrogens with one attached hydrogen (secondary N) is 1. The molecule has 3 rings (SSSR count). The average molecular weight is 564 g/mol. The Balaban J connectivity index is 2.02. The Labute approximate surface area is 191 Å². The van der Waals surface area contributed by atoms with Crippen LogP contribution < -0.4 is 5.32 Å². The molecule has 1 saturated heterocycles. The van der Waals surface area contributed by atoms with Gasteiger partial charge < -0.3 is 15.3 Å². The maximum absolute atomic E-state index is 14.9. The number of aromatic carboxylic acids is 1. The molecule has 0 bridgehead atoms. The number of benzene rings is 2. The lowest BCUT2D eigenvalue weighted by Crippen LogP contribution is -2.38. The zero-order chi connectivity index (χ0) is 23.1. The predicted octanol–water partition coefficient (Wildman–Crippen LogP) is 3.58. The van der Waals surface area contributed by atoms with Gasteiger partial charge in [-0.15, -0.1) is 0 Å². The molecule has 1 fully saturated rings. The Morgan fingerprint density at radius 3 is 2.42 bits per heavy atom. The van der Waals surface area contributed by atoms with E-state index in [1.54, 1.807) is 25.1 Å². The number of carbonyl (C=O) groups excluding carboxylic acids is 1. The Bertz CT molecular complexity index is 1190. The molecular weight excluding hydrogens is 545 g/mol. The normalized spacial score (nSPS) is 17.4. The number of rotatable bonds is 5. The summed E-state index contributed by atoms with van der Waals surface area (Å²) < 4.78 is 54.0. The first-order valence-corrected chi connectivity index (χ1v) is 12.1. The van der Waals surface area contributed by atoms with Crippen LogP contribution >= 0.6 is 22.6 Å². The number of nitrogens with zero attached hydrogens (tertiary/aromatic N) is 1. The molecule has 0 aliphatic carbocycles. The molecule has 1 heterocycles. The van der Waals surface area contributed by atoms with Crippen molar-refractivity contribution >= 4 is 55.7 Å². The van der Waals surface area contributed by atoms with Crippen molar-refractivity contribution in [2.75, 3.05) is 23.9 Å². The lowest BCUT2D eigenvalue weighted by molar-refractivity contribution is 0.0697. The van der Waals surface area contributed by atoms with Crippen molar-refractivity contribution < 1.29 is 31.9 Å². The average Bonchev–Trinajstić information content (AvgIpc) is 3.05. The molecule has 1 amide bonds. The number of sulfone groups is 1. The standard InChI is InChI=1S/C20H19F2IN2O5S/c1-10-7-11(23)3-4-15(10)24-18-14(20(27)28)8-13(16(21)17(18)22)19(26)25(2)12-5-6-31(29,30)9-12/h3-4,7-8,12,24H,5-6,9H2,1-2H3,(H,27,28). The number of hydrogen-bond donors (Lipinski definition) is 2. The summed E-state index contributed by atoms with van der Waals surface area (Å²) in [4.78, 5) is 25.5. The molecule has 0 aromatic heterocycles. The summed E-state index contributed by atoms with van der Waals surface area (Å²) in [5.74, 6) is -5.94. The highest BCUT2D eigenvalue weighted by Gasteiger charge is 2.35. The van der Waals surface area contributed by atoms with Gasteiger partial charge in [-0.2, -0.15) is 0 Å². The number of amides is 1. The van der Waals surface area contributed by atoms with Crippen LogP contribution in [-0.4, -0.2) is 54.9 Å². The van der Waals surface area contributed by atoms with Crippen LogP contribution in [0.25, 0.3) is 0 Å². The van der Waals surface area contributed by atoms with Crippen molar-refractivity contribution in [2.45, 2.75) is 19.4 Å². The van der Waals surface area contributed by atoms with E-state index in [1.807, 2.05) is 0 Å². The number of carboxylic acids is 1. The summed E-state index contributed by atoms with van der Waals surface area (Å²) in [6.07, 6.45) is 0.173. The van der Waals surface area contributed by atoms with Crippen LogP contribution in [0.15, 0.2) is 24.3 Å². The summed E-state index contributed by atoms with van der Waals surface area (Å²) in [5.41, 5.74) is -0.921. The van der Waals surface area contributed by atoms with Crippen molar-refractivity contribution in [1.29, 1.82) is 0 Å². The van der Waals surface area contributed by atoms with E-state index >= 15 is 0 Å². The van der Waals surface area contributed by atoms with Gasteiger partial charge in [-0.3, -0.25) is 4.79 Å². The molecule has 2 aromatic rings. The lowest BCUT2D eigenvalue weighted by atomic mass is 10.0. The minimum atomic E-state index is -3.31. The van der Waals surface area contributed by atoms with E-state index in [-0.39, 0.29) is 17.9 Å². The number of anilines is 2. The minimum Gasteiger partial charge on any atom is -0.478 e. The first kappa shape index (κ1) is 23.4. The van der Waals surface area contributed by atoms with Crippen LogP contribution in [0.1, 0.15) is 32.7 Å². The molecule has 0 radical (unpaired) electrons. The maximum atomic E-state index is 14.9. The molecule has 166 valence electrons. The molecule has 1 unspecified atom stereocenters. The van der Waals surface area contributed by atoms with Crippen molar-refractivity contribution in [2.24, 2.45) is 0 Å². The zero-order valence-electron chi connectivity index (χ0n) is 16.6. The van der Waals surface area contributed by atoms with Gasteiger partial charge in [0.2, 0.25) is 0 Å². The van der Waals surface area contributed by atoms with Crippen molar-refractivity contribution in [1.82, 2.24) is 4.90 Å². The highest BCUT2D eigenvalue weighted by atomic mass is 127. The van der Waals surface area contributed by atoms with E-state index in [1.165, 1.54) is 7.05 Å². The Morgan fingerprint density at radius 2 is 1.87 bits per heavy atom. The third kappa shape index (κ3) is 4.81. The van der Waals surface area contributed by atoms with Crippen LogP contribution in [-0.2, 0) is 9.84 Å². The topological polar surface area (TPSA) is 104 Å². The van der Waals surface area contributed by atoms with Gasteiger partial charge in [0, 0.05) is 22.3 Å². The molecule has 0 spiro atoms. The summed E-state index contributed by atoms with van der Waals surface area (Å²) in [5, 5.41) is 12.2. The Hall–Kier alpha value is -2.28. The quantitative estimate of drug-likeness (QED) is 0.539. The largest absolute Gasteiger partial charge is 0.478 e. The molecule has 31 heavy (non-hydrogen) atoms. The molecule has 2 N–H and O–H groups in total. The van der Waals surface area contributed by atoms with Gasteiger partial charge >= 0.3 is 5.97 Å². The van der Waals surface area contributed by atoms with Crippen LogP contribution in [0, 0.1) is 22.1 Å². The van der Waals surface area contributed by atoms with Gasteiger partial charge in [0.15, 0.2) is 21.5 Å².